The second-order valence-electron chi connectivity index (χ2n) is 9.29. The van der Waals surface area contributed by atoms with E-state index in [0.717, 1.165) is 49.3 Å². The lowest BCUT2D eigenvalue weighted by Crippen LogP contribution is -2.45. The topological polar surface area (TPSA) is 82.2 Å². The Morgan fingerprint density at radius 3 is 2.77 bits per heavy atom. The van der Waals surface area contributed by atoms with Crippen LogP contribution in [0.1, 0.15) is 49.4 Å². The van der Waals surface area contributed by atoms with Gasteiger partial charge in [0.1, 0.15) is 5.82 Å². The molecule has 7 nitrogen and oxygen atoms in total. The number of aromatic nitrogens is 3. The Morgan fingerprint density at radius 1 is 1.14 bits per heavy atom. The van der Waals surface area contributed by atoms with Gasteiger partial charge < -0.3 is 9.88 Å². The highest BCUT2D eigenvalue weighted by Crippen LogP contribution is 2.33. The molecule has 3 heterocycles. The third-order valence-electron chi connectivity index (χ3n) is 6.66. The Kier molecular flexibility index (Phi) is 7.20. The van der Waals surface area contributed by atoms with Gasteiger partial charge in [0, 0.05) is 19.0 Å². The minimum absolute atomic E-state index is 0.134. The first-order valence-electron chi connectivity index (χ1n) is 12.4. The van der Waals surface area contributed by atoms with Crippen LogP contribution in [0.5, 0.6) is 0 Å². The monoisotopic (exact) mass is 489 g/mol. The molecule has 0 aliphatic carbocycles. The number of para-hydroxylation sites is 2. The molecule has 182 valence electrons. The van der Waals surface area contributed by atoms with Crippen LogP contribution in [0.25, 0.3) is 21.1 Å². The van der Waals surface area contributed by atoms with E-state index < -0.39 is 0 Å². The molecule has 5 rings (SSSR count). The summed E-state index contributed by atoms with van der Waals surface area (Å²) >= 11 is 1.75. The van der Waals surface area contributed by atoms with Crippen molar-refractivity contribution >= 4 is 38.4 Å². The second-order valence-corrected chi connectivity index (χ2v) is 10.4. The van der Waals surface area contributed by atoms with E-state index in [2.05, 4.69) is 33.9 Å². The Labute approximate surface area is 208 Å². The normalized spacial score (nSPS) is 16.4. The van der Waals surface area contributed by atoms with E-state index in [-0.39, 0.29) is 17.4 Å². The Morgan fingerprint density at radius 2 is 1.94 bits per heavy atom. The number of hydrogen-bond donors (Lipinski definition) is 1. The van der Waals surface area contributed by atoms with E-state index in [1.165, 1.54) is 4.70 Å². The lowest BCUT2D eigenvalue weighted by molar-refractivity contribution is -0.133. The highest BCUT2D eigenvalue weighted by molar-refractivity contribution is 7.18. The van der Waals surface area contributed by atoms with E-state index in [1.807, 2.05) is 35.2 Å². The second kappa shape index (κ2) is 10.7. The van der Waals surface area contributed by atoms with Crippen LogP contribution in [0.3, 0.4) is 0 Å². The van der Waals surface area contributed by atoms with Crippen LogP contribution in [-0.2, 0) is 11.3 Å². The summed E-state index contributed by atoms with van der Waals surface area (Å²) in [7, 11) is 0. The van der Waals surface area contributed by atoms with Crippen LogP contribution in [0, 0.1) is 0 Å². The molecule has 2 aromatic heterocycles. The highest BCUT2D eigenvalue weighted by atomic mass is 32.1. The largest absolute Gasteiger partial charge is 0.341 e. The zero-order valence-corrected chi connectivity index (χ0v) is 20.9. The highest BCUT2D eigenvalue weighted by Gasteiger charge is 2.28. The van der Waals surface area contributed by atoms with Crippen LogP contribution < -0.4 is 5.56 Å². The van der Waals surface area contributed by atoms with Gasteiger partial charge in [-0.3, -0.25) is 14.5 Å². The molecule has 1 saturated heterocycles. The third kappa shape index (κ3) is 5.44. The molecule has 0 spiro atoms. The predicted molar refractivity (Wildman–Crippen MR) is 141 cm³/mol. The van der Waals surface area contributed by atoms with Crippen molar-refractivity contribution in [1.82, 2.24) is 24.8 Å². The quantitative estimate of drug-likeness (QED) is 0.393. The average molecular weight is 490 g/mol. The minimum atomic E-state index is -0.137. The molecule has 1 amide bonds. The van der Waals surface area contributed by atoms with Crippen molar-refractivity contribution < 1.29 is 4.79 Å². The van der Waals surface area contributed by atoms with Gasteiger partial charge >= 0.3 is 0 Å². The lowest BCUT2D eigenvalue weighted by Gasteiger charge is -2.33. The van der Waals surface area contributed by atoms with Gasteiger partial charge in [0.25, 0.3) is 5.56 Å². The molecule has 0 unspecified atom stereocenters. The zero-order valence-electron chi connectivity index (χ0n) is 20.1. The molecule has 1 aliphatic heterocycles. The van der Waals surface area contributed by atoms with E-state index in [0.29, 0.717) is 36.4 Å². The Hall–Kier alpha value is -3.10. The number of rotatable bonds is 8. The molecule has 1 aliphatic rings. The number of likely N-dealkylation sites (tertiary alicyclic amines) is 1. The van der Waals surface area contributed by atoms with Crippen molar-refractivity contribution in [3.63, 3.8) is 0 Å². The number of piperidine rings is 1. The van der Waals surface area contributed by atoms with Crippen LogP contribution in [0.2, 0.25) is 0 Å². The summed E-state index contributed by atoms with van der Waals surface area (Å²) in [4.78, 5) is 42.4. The summed E-state index contributed by atoms with van der Waals surface area (Å²) in [5.74, 6) is 1.02. The summed E-state index contributed by atoms with van der Waals surface area (Å²) < 4.78 is 1.20. The lowest BCUT2D eigenvalue weighted by atomic mass is 9.98. The van der Waals surface area contributed by atoms with Crippen LogP contribution in [0.15, 0.2) is 53.3 Å². The van der Waals surface area contributed by atoms with Gasteiger partial charge in [0.2, 0.25) is 5.91 Å². The number of unbranched alkanes of at least 4 members (excludes halogenated alkanes) is 1. The number of benzene rings is 2. The van der Waals surface area contributed by atoms with Gasteiger partial charge in [-0.2, -0.15) is 0 Å². The average Bonchev–Trinajstić information content (AvgIpc) is 3.32. The van der Waals surface area contributed by atoms with Gasteiger partial charge in [-0.1, -0.05) is 37.6 Å². The van der Waals surface area contributed by atoms with E-state index in [4.69, 9.17) is 4.98 Å². The summed E-state index contributed by atoms with van der Waals surface area (Å²) in [6, 6.07) is 15.6. The number of amides is 1. The first kappa shape index (κ1) is 23.6. The SMILES string of the molecule is CCCCN(CC(=O)N1CCC[C@H](c2nc3ccccc3s2)C1)Cc1nc2ccccc2c(=O)[nH]1. The third-order valence-corrected chi connectivity index (χ3v) is 7.85. The molecule has 0 saturated carbocycles. The summed E-state index contributed by atoms with van der Waals surface area (Å²) in [5, 5.41) is 1.71. The molecule has 0 bridgehead atoms. The number of thiazole rings is 1. The van der Waals surface area contributed by atoms with Gasteiger partial charge in [-0.25, -0.2) is 9.97 Å². The van der Waals surface area contributed by atoms with Crippen LogP contribution in [0.4, 0.5) is 0 Å². The Bertz CT molecular complexity index is 1350. The van der Waals surface area contributed by atoms with Crippen LogP contribution in [-0.4, -0.2) is 56.8 Å². The van der Waals surface area contributed by atoms with E-state index in [9.17, 15) is 9.59 Å². The van der Waals surface area contributed by atoms with Crippen molar-refractivity contribution in [3.8, 4) is 0 Å². The molecule has 1 N–H and O–H groups in total. The molecule has 1 atom stereocenters. The van der Waals surface area contributed by atoms with Gasteiger partial charge in [-0.05, 0) is 50.1 Å². The molecule has 4 aromatic rings. The minimum Gasteiger partial charge on any atom is -0.341 e. The molecular formula is C27H31N5O2S. The summed E-state index contributed by atoms with van der Waals surface area (Å²) in [5.41, 5.74) is 1.59. The van der Waals surface area contributed by atoms with Crippen LogP contribution >= 0.6 is 11.3 Å². The number of nitrogens with zero attached hydrogens (tertiary/aromatic N) is 4. The molecule has 35 heavy (non-hydrogen) atoms. The van der Waals surface area contributed by atoms with Crippen molar-refractivity contribution in [2.45, 2.75) is 45.1 Å². The maximum Gasteiger partial charge on any atom is 0.258 e. The number of aromatic amines is 1. The fourth-order valence-electron chi connectivity index (χ4n) is 4.78. The smallest absolute Gasteiger partial charge is 0.258 e. The van der Waals surface area contributed by atoms with Gasteiger partial charge in [-0.15, -0.1) is 11.3 Å². The number of carbonyl (C=O) groups excluding carboxylic acids is 1. The molecule has 8 heteroatoms. The van der Waals surface area contributed by atoms with E-state index >= 15 is 0 Å². The van der Waals surface area contributed by atoms with Gasteiger partial charge in [0.05, 0.1) is 39.2 Å². The molecular weight excluding hydrogens is 458 g/mol. The maximum absolute atomic E-state index is 13.4. The van der Waals surface area contributed by atoms with Crippen molar-refractivity contribution in [2.24, 2.45) is 0 Å². The molecule has 1 fully saturated rings. The molecule has 2 aromatic carbocycles. The van der Waals surface area contributed by atoms with Crippen molar-refractivity contribution in [3.05, 3.63) is 69.7 Å². The number of nitrogens with one attached hydrogen (secondary N) is 1. The standard InChI is InChI=1S/C27H31N5O2S/c1-2-3-14-31(17-24-28-21-11-5-4-10-20(21)26(34)30-24)18-25(33)32-15-8-9-19(16-32)27-29-22-12-6-7-13-23(22)35-27/h4-7,10-13,19H,2-3,8-9,14-18H2,1H3,(H,28,30,34)/t19-/m0/s1. The van der Waals surface area contributed by atoms with Gasteiger partial charge in [0.15, 0.2) is 0 Å². The number of H-pyrrole nitrogens is 1. The predicted octanol–water partition coefficient (Wildman–Crippen LogP) is 4.54. The van der Waals surface area contributed by atoms with Crippen molar-refractivity contribution in [2.75, 3.05) is 26.2 Å². The van der Waals surface area contributed by atoms with E-state index in [1.54, 1.807) is 17.4 Å². The maximum atomic E-state index is 13.4. The first-order chi connectivity index (χ1) is 17.1. The summed E-state index contributed by atoms with van der Waals surface area (Å²) in [6.45, 7) is 5.19. The fourth-order valence-corrected chi connectivity index (χ4v) is 5.87. The zero-order chi connectivity index (χ0) is 24.2. The molecule has 0 radical (unpaired) electrons. The number of hydrogen-bond acceptors (Lipinski definition) is 6. The first-order valence-corrected chi connectivity index (χ1v) is 13.3. The fraction of sp³-hybridized carbons (Fsp3) is 0.407. The summed E-state index contributed by atoms with van der Waals surface area (Å²) in [6.07, 6.45) is 4.07. The van der Waals surface area contributed by atoms with Crippen molar-refractivity contribution in [1.29, 1.82) is 0 Å². The Balaban J connectivity index is 1.28. The number of carbonyl (C=O) groups is 1. The number of fused-ring (bicyclic) bond motifs is 2.